The fourth-order valence-electron chi connectivity index (χ4n) is 2.49. The van der Waals surface area contributed by atoms with Crippen molar-refractivity contribution in [2.24, 2.45) is 0 Å². The molecule has 7 heteroatoms. The van der Waals surface area contributed by atoms with Crippen LogP contribution in [0.15, 0.2) is 36.9 Å². The van der Waals surface area contributed by atoms with Gasteiger partial charge in [0.2, 0.25) is 0 Å². The molecule has 1 atom stereocenters. The van der Waals surface area contributed by atoms with Crippen LogP contribution < -0.4 is 4.74 Å². The molecular weight excluding hydrogens is 316 g/mol. The summed E-state index contributed by atoms with van der Waals surface area (Å²) < 4.78 is 7.57. The molecule has 132 valence electrons. The van der Waals surface area contributed by atoms with E-state index < -0.39 is 0 Å². The molecule has 0 unspecified atom stereocenters. The van der Waals surface area contributed by atoms with E-state index in [0.29, 0.717) is 19.0 Å². The minimum absolute atomic E-state index is 0.137. The zero-order chi connectivity index (χ0) is 17.9. The highest BCUT2D eigenvalue weighted by Gasteiger charge is 2.14. The predicted octanol–water partition coefficient (Wildman–Crippen LogP) is 3.08. The molecular formula is C18H24N6O. The predicted molar refractivity (Wildman–Crippen MR) is 94.3 cm³/mol. The molecule has 25 heavy (non-hydrogen) atoms. The lowest BCUT2D eigenvalue weighted by Crippen LogP contribution is -2.10. The zero-order valence-corrected chi connectivity index (χ0v) is 15.1. The van der Waals surface area contributed by atoms with Crippen molar-refractivity contribution in [3.05, 3.63) is 54.1 Å². The van der Waals surface area contributed by atoms with Crippen molar-refractivity contribution in [1.29, 1.82) is 0 Å². The van der Waals surface area contributed by atoms with Crippen LogP contribution in [0.25, 0.3) is 0 Å². The largest absolute Gasteiger partial charge is 0.486 e. The van der Waals surface area contributed by atoms with Crippen LogP contribution in [-0.2, 0) is 18.6 Å². The van der Waals surface area contributed by atoms with Gasteiger partial charge in [-0.05, 0) is 23.1 Å². The molecule has 0 bridgehead atoms. The Kier molecular flexibility index (Phi) is 4.83. The Morgan fingerprint density at radius 2 is 1.96 bits per heavy atom. The monoisotopic (exact) mass is 340 g/mol. The molecule has 1 N–H and O–H groups in total. The molecule has 0 aliphatic carbocycles. The normalized spacial score (nSPS) is 13.0. The number of hydrogen-bond acceptors (Lipinski definition) is 5. The Morgan fingerprint density at radius 3 is 2.60 bits per heavy atom. The van der Waals surface area contributed by atoms with E-state index in [-0.39, 0.29) is 11.3 Å². The van der Waals surface area contributed by atoms with Crippen LogP contribution in [-0.4, -0.2) is 29.9 Å². The lowest BCUT2D eigenvalue weighted by Gasteiger charge is -2.19. The van der Waals surface area contributed by atoms with Crippen molar-refractivity contribution in [3.8, 4) is 5.75 Å². The first-order valence-electron chi connectivity index (χ1n) is 8.39. The number of nitrogens with zero attached hydrogens (tertiary/aromatic N) is 5. The van der Waals surface area contributed by atoms with Crippen LogP contribution in [0.1, 0.15) is 50.8 Å². The maximum absolute atomic E-state index is 5.80. The Morgan fingerprint density at radius 1 is 1.20 bits per heavy atom. The highest BCUT2D eigenvalue weighted by Crippen LogP contribution is 2.24. The molecule has 2 heterocycles. The van der Waals surface area contributed by atoms with Crippen LogP contribution in [0.4, 0.5) is 0 Å². The average molecular weight is 340 g/mol. The number of hydrogen-bond donors (Lipinski definition) is 1. The van der Waals surface area contributed by atoms with Crippen molar-refractivity contribution in [2.45, 2.75) is 52.2 Å². The van der Waals surface area contributed by atoms with Crippen molar-refractivity contribution in [3.63, 3.8) is 0 Å². The standard InChI is InChI=1S/C18H24N6O/c1-13(9-24-12-19-11-20-24)17-21-16(22-23-17)10-25-15-7-5-14(6-8-15)18(2,3)4/h5-8,11-13H,9-10H2,1-4H3,(H,21,22,23)/t13-/m0/s1. The third kappa shape index (κ3) is 4.43. The molecule has 3 rings (SSSR count). The second-order valence-corrected chi connectivity index (χ2v) is 7.22. The summed E-state index contributed by atoms with van der Waals surface area (Å²) in [6, 6.07) is 8.18. The van der Waals surface area contributed by atoms with Crippen LogP contribution in [0.5, 0.6) is 5.75 Å². The average Bonchev–Trinajstić information content (AvgIpc) is 3.24. The number of rotatable bonds is 6. The van der Waals surface area contributed by atoms with E-state index in [4.69, 9.17) is 4.74 Å². The zero-order valence-electron chi connectivity index (χ0n) is 15.1. The summed E-state index contributed by atoms with van der Waals surface area (Å²) in [4.78, 5) is 8.45. The van der Waals surface area contributed by atoms with Crippen molar-refractivity contribution < 1.29 is 4.74 Å². The van der Waals surface area contributed by atoms with Gasteiger partial charge in [-0.15, -0.1) is 0 Å². The third-order valence-corrected chi connectivity index (χ3v) is 4.01. The molecule has 0 aliphatic heterocycles. The highest BCUT2D eigenvalue weighted by atomic mass is 16.5. The van der Waals surface area contributed by atoms with Crippen LogP contribution >= 0.6 is 0 Å². The van der Waals surface area contributed by atoms with E-state index in [1.54, 1.807) is 11.0 Å². The number of aromatic amines is 1. The molecule has 0 spiro atoms. The van der Waals surface area contributed by atoms with Gasteiger partial charge in [-0.3, -0.25) is 9.78 Å². The van der Waals surface area contributed by atoms with Gasteiger partial charge in [0.15, 0.2) is 11.6 Å². The Balaban J connectivity index is 1.56. The van der Waals surface area contributed by atoms with Crippen LogP contribution in [0, 0.1) is 0 Å². The van der Waals surface area contributed by atoms with Crippen LogP contribution in [0.2, 0.25) is 0 Å². The summed E-state index contributed by atoms with van der Waals surface area (Å²) in [6.07, 6.45) is 3.21. The van der Waals surface area contributed by atoms with E-state index in [1.807, 2.05) is 12.1 Å². The third-order valence-electron chi connectivity index (χ3n) is 4.01. The minimum atomic E-state index is 0.137. The SMILES string of the molecule is C[C@@H](Cn1cncn1)c1n[nH]c(COc2ccc(C(C)(C)C)cc2)n1. The molecule has 1 aromatic carbocycles. The van der Waals surface area contributed by atoms with Gasteiger partial charge < -0.3 is 4.74 Å². The molecule has 0 aliphatic rings. The number of benzene rings is 1. The van der Waals surface area contributed by atoms with E-state index in [2.05, 4.69) is 65.1 Å². The Bertz CT molecular complexity index is 786. The van der Waals surface area contributed by atoms with E-state index in [0.717, 1.165) is 11.6 Å². The van der Waals surface area contributed by atoms with Crippen molar-refractivity contribution >= 4 is 0 Å². The van der Waals surface area contributed by atoms with Gasteiger partial charge in [0, 0.05) is 5.92 Å². The molecule has 0 fully saturated rings. The van der Waals surface area contributed by atoms with Gasteiger partial charge in [0.05, 0.1) is 6.54 Å². The lowest BCUT2D eigenvalue weighted by atomic mass is 9.87. The summed E-state index contributed by atoms with van der Waals surface area (Å²) >= 11 is 0. The van der Waals surface area contributed by atoms with Gasteiger partial charge in [-0.2, -0.15) is 10.2 Å². The van der Waals surface area contributed by atoms with E-state index in [1.165, 1.54) is 11.9 Å². The smallest absolute Gasteiger partial charge is 0.162 e. The maximum Gasteiger partial charge on any atom is 0.162 e. The molecule has 0 saturated heterocycles. The topological polar surface area (TPSA) is 81.5 Å². The fraction of sp³-hybridized carbons (Fsp3) is 0.444. The van der Waals surface area contributed by atoms with E-state index in [9.17, 15) is 0 Å². The van der Waals surface area contributed by atoms with Crippen LogP contribution in [0.3, 0.4) is 0 Å². The summed E-state index contributed by atoms with van der Waals surface area (Å²) in [5.74, 6) is 2.41. The highest BCUT2D eigenvalue weighted by molar-refractivity contribution is 5.31. The van der Waals surface area contributed by atoms with Gasteiger partial charge in [0.1, 0.15) is 25.0 Å². The first-order valence-corrected chi connectivity index (χ1v) is 8.39. The summed E-state index contributed by atoms with van der Waals surface area (Å²) in [7, 11) is 0. The number of aromatic nitrogens is 6. The maximum atomic E-state index is 5.80. The quantitative estimate of drug-likeness (QED) is 0.746. The summed E-state index contributed by atoms with van der Waals surface area (Å²) in [6.45, 7) is 9.68. The first kappa shape index (κ1) is 17.1. The van der Waals surface area contributed by atoms with Gasteiger partial charge in [-0.1, -0.05) is 39.8 Å². The number of ether oxygens (including phenoxy) is 1. The number of nitrogens with one attached hydrogen (secondary N) is 1. The van der Waals surface area contributed by atoms with Crippen molar-refractivity contribution in [1.82, 2.24) is 29.9 Å². The molecule has 3 aromatic rings. The molecule has 0 saturated carbocycles. The summed E-state index contributed by atoms with van der Waals surface area (Å²) in [5.41, 5.74) is 1.42. The fourth-order valence-corrected chi connectivity index (χ4v) is 2.49. The Labute approximate surface area is 147 Å². The first-order chi connectivity index (χ1) is 11.9. The van der Waals surface area contributed by atoms with Crippen molar-refractivity contribution in [2.75, 3.05) is 0 Å². The van der Waals surface area contributed by atoms with Gasteiger partial charge in [-0.25, -0.2) is 9.97 Å². The Hall–Kier alpha value is -2.70. The van der Waals surface area contributed by atoms with E-state index >= 15 is 0 Å². The molecule has 0 amide bonds. The number of H-pyrrole nitrogens is 1. The second-order valence-electron chi connectivity index (χ2n) is 7.22. The summed E-state index contributed by atoms with van der Waals surface area (Å²) in [5, 5.41) is 11.3. The van der Waals surface area contributed by atoms with Gasteiger partial charge in [0.25, 0.3) is 0 Å². The molecule has 7 nitrogen and oxygen atoms in total. The molecule has 2 aromatic heterocycles. The minimum Gasteiger partial charge on any atom is -0.486 e. The molecule has 0 radical (unpaired) electrons. The second kappa shape index (κ2) is 7.04. The van der Waals surface area contributed by atoms with Gasteiger partial charge >= 0.3 is 0 Å². The lowest BCUT2D eigenvalue weighted by molar-refractivity contribution is 0.296.